The van der Waals surface area contributed by atoms with Gasteiger partial charge in [-0.15, -0.1) is 0 Å². The minimum Gasteiger partial charge on any atom is -0.487 e. The van der Waals surface area contributed by atoms with Crippen LogP contribution < -0.4 is 4.74 Å². The van der Waals surface area contributed by atoms with Crippen molar-refractivity contribution in [2.24, 2.45) is 0 Å². The summed E-state index contributed by atoms with van der Waals surface area (Å²) < 4.78 is 5.68. The average Bonchev–Trinajstić information content (AvgIpc) is 2.38. The Morgan fingerprint density at radius 2 is 1.85 bits per heavy atom. The van der Waals surface area contributed by atoms with Gasteiger partial charge in [-0.2, -0.15) is 0 Å². The van der Waals surface area contributed by atoms with Gasteiger partial charge >= 0.3 is 0 Å². The van der Waals surface area contributed by atoms with E-state index in [9.17, 15) is 5.11 Å². The van der Waals surface area contributed by atoms with Gasteiger partial charge in [-0.1, -0.05) is 41.4 Å². The van der Waals surface area contributed by atoms with Crippen LogP contribution in [-0.4, -0.2) is 5.11 Å². The molecule has 0 saturated heterocycles. The van der Waals surface area contributed by atoms with Gasteiger partial charge in [-0.3, -0.25) is 0 Å². The Morgan fingerprint density at radius 1 is 1.10 bits per heavy atom. The number of aliphatic hydroxyl groups excluding tert-OH is 1. The fraction of sp³-hybridized carbons (Fsp3) is 0.250. The maximum Gasteiger partial charge on any atom is 0.138 e. The molecule has 4 heteroatoms. The average molecular weight is 311 g/mol. The number of rotatable bonds is 4. The molecule has 0 spiro atoms. The molecule has 0 aliphatic carbocycles. The summed E-state index contributed by atoms with van der Waals surface area (Å²) in [6.07, 6.45) is -0.548. The van der Waals surface area contributed by atoms with Crippen LogP contribution in [0.5, 0.6) is 5.75 Å². The van der Waals surface area contributed by atoms with E-state index in [1.807, 2.05) is 25.1 Å². The van der Waals surface area contributed by atoms with E-state index in [1.54, 1.807) is 25.1 Å². The smallest absolute Gasteiger partial charge is 0.138 e. The van der Waals surface area contributed by atoms with E-state index in [2.05, 4.69) is 0 Å². The second-order valence-electron chi connectivity index (χ2n) is 4.75. The number of hydrogen-bond acceptors (Lipinski definition) is 2. The van der Waals surface area contributed by atoms with Crippen molar-refractivity contribution in [1.29, 1.82) is 0 Å². The molecule has 1 N–H and O–H groups in total. The molecule has 20 heavy (non-hydrogen) atoms. The molecule has 0 unspecified atom stereocenters. The molecule has 0 bridgehead atoms. The number of halogens is 2. The third kappa shape index (κ3) is 3.66. The van der Waals surface area contributed by atoms with Crippen LogP contribution in [0.15, 0.2) is 36.4 Å². The summed E-state index contributed by atoms with van der Waals surface area (Å²) in [5.74, 6) is 0.577. The standard InChI is InChI=1S/C16H16Cl2O2/c1-10-3-4-13(14(17)7-10)9-20-16-6-5-12(11(2)19)8-15(16)18/h3-8,11,19H,9H2,1-2H3/t11-/m1/s1. The first kappa shape index (κ1) is 15.2. The number of aliphatic hydroxyl groups is 1. The lowest BCUT2D eigenvalue weighted by molar-refractivity contribution is 0.199. The molecular formula is C16H16Cl2O2. The molecule has 2 rings (SSSR count). The molecule has 106 valence electrons. The minimum absolute atomic E-state index is 0.354. The van der Waals surface area contributed by atoms with Gasteiger partial charge in [0.05, 0.1) is 11.1 Å². The molecule has 0 fully saturated rings. The highest BCUT2D eigenvalue weighted by Crippen LogP contribution is 2.29. The summed E-state index contributed by atoms with van der Waals surface area (Å²) in [4.78, 5) is 0. The van der Waals surface area contributed by atoms with Gasteiger partial charge in [-0.25, -0.2) is 0 Å². The number of benzene rings is 2. The van der Waals surface area contributed by atoms with Crippen LogP contribution >= 0.6 is 23.2 Å². The van der Waals surface area contributed by atoms with Crippen LogP contribution in [0.4, 0.5) is 0 Å². The molecule has 2 nitrogen and oxygen atoms in total. The zero-order valence-corrected chi connectivity index (χ0v) is 12.9. The van der Waals surface area contributed by atoms with Gasteiger partial charge in [0, 0.05) is 10.6 Å². The minimum atomic E-state index is -0.548. The Morgan fingerprint density at radius 3 is 2.45 bits per heavy atom. The first-order valence-electron chi connectivity index (χ1n) is 6.32. The molecule has 0 heterocycles. The Bertz CT molecular complexity index is 609. The maximum atomic E-state index is 9.49. The zero-order valence-electron chi connectivity index (χ0n) is 11.4. The molecule has 2 aromatic rings. The highest BCUT2D eigenvalue weighted by molar-refractivity contribution is 6.32. The van der Waals surface area contributed by atoms with Crippen molar-refractivity contribution in [3.05, 3.63) is 63.1 Å². The quantitative estimate of drug-likeness (QED) is 0.867. The fourth-order valence-electron chi connectivity index (χ4n) is 1.82. The van der Waals surface area contributed by atoms with Crippen LogP contribution in [0.2, 0.25) is 10.0 Å². The van der Waals surface area contributed by atoms with Gasteiger partial charge in [0.1, 0.15) is 12.4 Å². The Labute approximate surface area is 128 Å². The molecule has 1 atom stereocenters. The lowest BCUT2D eigenvalue weighted by atomic mass is 10.1. The lowest BCUT2D eigenvalue weighted by Crippen LogP contribution is -1.98. The topological polar surface area (TPSA) is 29.5 Å². The van der Waals surface area contributed by atoms with Crippen molar-refractivity contribution in [2.45, 2.75) is 26.6 Å². The van der Waals surface area contributed by atoms with Crippen LogP contribution in [0.3, 0.4) is 0 Å². The summed E-state index contributed by atoms with van der Waals surface area (Å²) in [5, 5.41) is 10.7. The van der Waals surface area contributed by atoms with Crippen molar-refractivity contribution in [2.75, 3.05) is 0 Å². The monoisotopic (exact) mass is 310 g/mol. The third-order valence-electron chi connectivity index (χ3n) is 3.03. The number of ether oxygens (including phenoxy) is 1. The molecular weight excluding hydrogens is 295 g/mol. The Balaban J connectivity index is 2.11. The summed E-state index contributed by atoms with van der Waals surface area (Å²) in [6, 6.07) is 11.1. The van der Waals surface area contributed by atoms with E-state index < -0.39 is 6.10 Å². The summed E-state index contributed by atoms with van der Waals surface area (Å²) in [6.45, 7) is 4.04. The van der Waals surface area contributed by atoms with Crippen molar-refractivity contribution in [3.63, 3.8) is 0 Å². The molecule has 0 aliphatic rings. The van der Waals surface area contributed by atoms with Crippen molar-refractivity contribution < 1.29 is 9.84 Å². The second-order valence-corrected chi connectivity index (χ2v) is 5.56. The van der Waals surface area contributed by atoms with Gasteiger partial charge in [0.2, 0.25) is 0 Å². The third-order valence-corrected chi connectivity index (χ3v) is 3.68. The van der Waals surface area contributed by atoms with Gasteiger partial charge in [0.15, 0.2) is 0 Å². The van der Waals surface area contributed by atoms with Crippen LogP contribution in [-0.2, 0) is 6.61 Å². The van der Waals surface area contributed by atoms with E-state index in [-0.39, 0.29) is 0 Å². The Hall–Kier alpha value is -1.22. The molecule has 0 aliphatic heterocycles. The highest BCUT2D eigenvalue weighted by Gasteiger charge is 2.08. The van der Waals surface area contributed by atoms with E-state index >= 15 is 0 Å². The molecule has 0 aromatic heterocycles. The van der Waals surface area contributed by atoms with Gasteiger partial charge < -0.3 is 9.84 Å². The van der Waals surface area contributed by atoms with Gasteiger partial charge in [-0.05, 0) is 43.2 Å². The predicted molar refractivity (Wildman–Crippen MR) is 82.6 cm³/mol. The van der Waals surface area contributed by atoms with E-state index in [4.69, 9.17) is 27.9 Å². The normalized spacial score (nSPS) is 12.2. The first-order valence-corrected chi connectivity index (χ1v) is 7.08. The van der Waals surface area contributed by atoms with Crippen molar-refractivity contribution in [1.82, 2.24) is 0 Å². The van der Waals surface area contributed by atoms with E-state index in [0.29, 0.717) is 22.4 Å². The maximum absolute atomic E-state index is 9.49. The molecule has 0 radical (unpaired) electrons. The van der Waals surface area contributed by atoms with Gasteiger partial charge in [0.25, 0.3) is 0 Å². The largest absolute Gasteiger partial charge is 0.487 e. The fourth-order valence-corrected chi connectivity index (χ4v) is 2.35. The van der Waals surface area contributed by atoms with Crippen molar-refractivity contribution in [3.8, 4) is 5.75 Å². The summed E-state index contributed by atoms with van der Waals surface area (Å²) >= 11 is 12.3. The zero-order chi connectivity index (χ0) is 14.7. The first-order chi connectivity index (χ1) is 9.47. The molecule has 2 aromatic carbocycles. The lowest BCUT2D eigenvalue weighted by Gasteiger charge is -2.12. The SMILES string of the molecule is Cc1ccc(COc2ccc([C@@H](C)O)cc2Cl)c(Cl)c1. The summed E-state index contributed by atoms with van der Waals surface area (Å²) in [7, 11) is 0. The van der Waals surface area contributed by atoms with Crippen LogP contribution in [0.25, 0.3) is 0 Å². The summed E-state index contributed by atoms with van der Waals surface area (Å²) in [5.41, 5.74) is 2.78. The van der Waals surface area contributed by atoms with Crippen molar-refractivity contribution >= 4 is 23.2 Å². The number of hydrogen-bond donors (Lipinski definition) is 1. The second kappa shape index (κ2) is 6.49. The number of aryl methyl sites for hydroxylation is 1. The molecule has 0 amide bonds. The Kier molecular flexibility index (Phi) is 4.92. The van der Waals surface area contributed by atoms with E-state index in [0.717, 1.165) is 16.7 Å². The van der Waals surface area contributed by atoms with Crippen LogP contribution in [0, 0.1) is 6.92 Å². The van der Waals surface area contributed by atoms with Crippen LogP contribution in [0.1, 0.15) is 29.7 Å². The van der Waals surface area contributed by atoms with E-state index in [1.165, 1.54) is 0 Å². The highest BCUT2D eigenvalue weighted by atomic mass is 35.5. The predicted octanol–water partition coefficient (Wildman–Crippen LogP) is 4.93. The molecule has 0 saturated carbocycles.